The number of halogens is 3. The molecule has 0 spiro atoms. The van der Waals surface area contributed by atoms with Crippen molar-refractivity contribution in [1.29, 1.82) is 0 Å². The van der Waals surface area contributed by atoms with Gasteiger partial charge in [-0.15, -0.1) is 10.2 Å². The second-order valence-corrected chi connectivity index (χ2v) is 4.50. The number of thioether (sulfide) groups is 1. The average molecular weight is 269 g/mol. The van der Waals surface area contributed by atoms with Crippen LogP contribution < -0.4 is 0 Å². The van der Waals surface area contributed by atoms with Crippen molar-refractivity contribution in [3.63, 3.8) is 0 Å². The summed E-state index contributed by atoms with van der Waals surface area (Å²) < 4.78 is 39.1. The maximum absolute atomic E-state index is 12.6. The Balaban J connectivity index is 2.87. The molecule has 9 heteroatoms. The Kier molecular flexibility index (Phi) is 4.02. The van der Waals surface area contributed by atoms with Crippen LogP contribution in [0.1, 0.15) is 12.2 Å². The molecule has 0 aliphatic carbocycles. The van der Waals surface area contributed by atoms with Crippen LogP contribution in [-0.2, 0) is 11.8 Å². The van der Waals surface area contributed by atoms with Crippen molar-refractivity contribution in [3.05, 3.63) is 5.82 Å². The molecule has 1 N–H and O–H groups in total. The Bertz CT molecular complexity index is 419. The molecular formula is C8H10F3N3O2S. The lowest BCUT2D eigenvalue weighted by atomic mass is 10.3. The number of nitrogens with zero attached hydrogens (tertiary/aromatic N) is 3. The van der Waals surface area contributed by atoms with Crippen molar-refractivity contribution >= 4 is 17.7 Å². The summed E-state index contributed by atoms with van der Waals surface area (Å²) >= 11 is 0.355. The number of hydrogen-bond donors (Lipinski definition) is 1. The van der Waals surface area contributed by atoms with Crippen molar-refractivity contribution in [2.75, 3.05) is 0 Å². The molecule has 17 heavy (non-hydrogen) atoms. The Morgan fingerprint density at radius 2 is 2.12 bits per heavy atom. The summed E-state index contributed by atoms with van der Waals surface area (Å²) in [7, 11) is 1.52. The van der Waals surface area contributed by atoms with Gasteiger partial charge in [0.25, 0.3) is 0 Å². The maximum Gasteiger partial charge on any atom is 0.401 e. The van der Waals surface area contributed by atoms with Gasteiger partial charge in [-0.3, -0.25) is 4.79 Å². The summed E-state index contributed by atoms with van der Waals surface area (Å²) in [6, 6.07) is 0. The van der Waals surface area contributed by atoms with Gasteiger partial charge >= 0.3 is 12.1 Å². The minimum absolute atomic E-state index is 0.0473. The standard InChI is InChI=1S/C8H10F3N3O2S/c1-4-12-13-7(14(4)2)17-5(3-6(15)16)8(9,10)11/h5H,3H2,1-2H3,(H,15,16). The first-order chi connectivity index (χ1) is 7.71. The molecule has 0 amide bonds. The number of carboxylic acids is 1. The SMILES string of the molecule is Cc1nnc(SC(CC(=O)O)C(F)(F)F)n1C. The number of hydrogen-bond acceptors (Lipinski definition) is 4. The molecule has 0 saturated carbocycles. The molecule has 96 valence electrons. The quantitative estimate of drug-likeness (QED) is 0.841. The third-order valence-corrected chi connectivity index (χ3v) is 3.31. The fraction of sp³-hybridized carbons (Fsp3) is 0.625. The molecule has 0 saturated heterocycles. The molecule has 0 radical (unpaired) electrons. The molecule has 5 nitrogen and oxygen atoms in total. The fourth-order valence-electron chi connectivity index (χ4n) is 1.00. The molecule has 1 aromatic heterocycles. The highest BCUT2D eigenvalue weighted by molar-refractivity contribution is 7.99. The number of carboxylic acid groups (broad SMARTS) is 1. The van der Waals surface area contributed by atoms with E-state index in [2.05, 4.69) is 10.2 Å². The summed E-state index contributed by atoms with van der Waals surface area (Å²) in [4.78, 5) is 10.4. The van der Waals surface area contributed by atoms with Crippen molar-refractivity contribution in [2.24, 2.45) is 7.05 Å². The van der Waals surface area contributed by atoms with E-state index < -0.39 is 23.8 Å². The number of aliphatic carboxylic acids is 1. The zero-order valence-electron chi connectivity index (χ0n) is 9.02. The summed E-state index contributed by atoms with van der Waals surface area (Å²) in [5, 5.41) is 13.6. The highest BCUT2D eigenvalue weighted by Gasteiger charge is 2.42. The molecule has 1 aromatic rings. The van der Waals surface area contributed by atoms with E-state index in [1.807, 2.05) is 0 Å². The number of rotatable bonds is 4. The zero-order chi connectivity index (χ0) is 13.2. The number of carbonyl (C=O) groups is 1. The number of aryl methyl sites for hydroxylation is 1. The van der Waals surface area contributed by atoms with Gasteiger partial charge in [0.1, 0.15) is 11.1 Å². The topological polar surface area (TPSA) is 68.0 Å². The molecule has 1 rings (SSSR count). The van der Waals surface area contributed by atoms with Gasteiger partial charge in [0.2, 0.25) is 0 Å². The first-order valence-corrected chi connectivity index (χ1v) is 5.41. The minimum atomic E-state index is -4.59. The summed E-state index contributed by atoms with van der Waals surface area (Å²) in [6.45, 7) is 1.59. The van der Waals surface area contributed by atoms with E-state index in [1.165, 1.54) is 11.6 Å². The van der Waals surface area contributed by atoms with Crippen LogP contribution in [0.25, 0.3) is 0 Å². The van der Waals surface area contributed by atoms with E-state index in [4.69, 9.17) is 5.11 Å². The van der Waals surface area contributed by atoms with Gasteiger partial charge in [-0.1, -0.05) is 11.8 Å². The van der Waals surface area contributed by atoms with Crippen LogP contribution in [0.4, 0.5) is 13.2 Å². The van der Waals surface area contributed by atoms with Crippen LogP contribution in [0.2, 0.25) is 0 Å². The van der Waals surface area contributed by atoms with Crippen molar-refractivity contribution < 1.29 is 23.1 Å². The van der Waals surface area contributed by atoms with E-state index in [9.17, 15) is 18.0 Å². The Morgan fingerprint density at radius 3 is 2.47 bits per heavy atom. The Hall–Kier alpha value is -1.25. The van der Waals surface area contributed by atoms with Crippen LogP contribution in [0.3, 0.4) is 0 Å². The van der Waals surface area contributed by atoms with Crippen LogP contribution in [0.5, 0.6) is 0 Å². The fourth-order valence-corrected chi connectivity index (χ4v) is 1.99. The van der Waals surface area contributed by atoms with Crippen LogP contribution >= 0.6 is 11.8 Å². The molecule has 0 aliphatic heterocycles. The smallest absolute Gasteiger partial charge is 0.401 e. The molecule has 1 unspecified atom stereocenters. The predicted octanol–water partition coefficient (Wildman–Crippen LogP) is 1.62. The first kappa shape index (κ1) is 13.8. The van der Waals surface area contributed by atoms with Crippen molar-refractivity contribution in [2.45, 2.75) is 29.9 Å². The summed E-state index contributed by atoms with van der Waals surface area (Å²) in [6.07, 6.45) is -5.59. The van der Waals surface area contributed by atoms with Gasteiger partial charge in [0, 0.05) is 7.05 Å². The zero-order valence-corrected chi connectivity index (χ0v) is 9.84. The van der Waals surface area contributed by atoms with Crippen LogP contribution in [-0.4, -0.2) is 37.3 Å². The summed E-state index contributed by atoms with van der Waals surface area (Å²) in [5.74, 6) is -1.04. The normalized spacial score (nSPS) is 13.7. The lowest BCUT2D eigenvalue weighted by molar-refractivity contribution is -0.149. The van der Waals surface area contributed by atoms with E-state index in [0.29, 0.717) is 17.6 Å². The van der Waals surface area contributed by atoms with Gasteiger partial charge in [0.05, 0.1) is 6.42 Å². The predicted molar refractivity (Wildman–Crippen MR) is 53.7 cm³/mol. The summed E-state index contributed by atoms with van der Waals surface area (Å²) in [5.41, 5.74) is 0. The maximum atomic E-state index is 12.6. The molecule has 1 heterocycles. The van der Waals surface area contributed by atoms with E-state index in [-0.39, 0.29) is 5.16 Å². The molecule has 1 atom stereocenters. The van der Waals surface area contributed by atoms with Crippen LogP contribution in [0.15, 0.2) is 5.16 Å². The van der Waals surface area contributed by atoms with Crippen molar-refractivity contribution in [1.82, 2.24) is 14.8 Å². The highest BCUT2D eigenvalue weighted by Crippen LogP contribution is 2.36. The third kappa shape index (κ3) is 3.62. The largest absolute Gasteiger partial charge is 0.481 e. The first-order valence-electron chi connectivity index (χ1n) is 4.53. The lowest BCUT2D eigenvalue weighted by Crippen LogP contribution is -2.28. The van der Waals surface area contributed by atoms with Gasteiger partial charge in [0.15, 0.2) is 5.16 Å². The third-order valence-electron chi connectivity index (χ3n) is 2.03. The number of alkyl halides is 3. The van der Waals surface area contributed by atoms with Gasteiger partial charge in [-0.25, -0.2) is 0 Å². The van der Waals surface area contributed by atoms with Crippen LogP contribution in [0, 0.1) is 6.92 Å². The Labute approximate surface area is 99.0 Å². The second kappa shape index (κ2) is 4.94. The lowest BCUT2D eigenvalue weighted by Gasteiger charge is -2.17. The van der Waals surface area contributed by atoms with E-state index in [0.717, 1.165) is 0 Å². The van der Waals surface area contributed by atoms with Gasteiger partial charge < -0.3 is 9.67 Å². The molecule has 0 fully saturated rings. The Morgan fingerprint density at radius 1 is 1.53 bits per heavy atom. The highest BCUT2D eigenvalue weighted by atomic mass is 32.2. The molecular weight excluding hydrogens is 259 g/mol. The van der Waals surface area contributed by atoms with E-state index >= 15 is 0 Å². The minimum Gasteiger partial charge on any atom is -0.481 e. The van der Waals surface area contributed by atoms with Crippen molar-refractivity contribution in [3.8, 4) is 0 Å². The molecule has 0 bridgehead atoms. The van der Waals surface area contributed by atoms with Gasteiger partial charge in [-0.2, -0.15) is 13.2 Å². The van der Waals surface area contributed by atoms with Gasteiger partial charge in [-0.05, 0) is 6.92 Å². The monoisotopic (exact) mass is 269 g/mol. The molecule has 0 aromatic carbocycles. The second-order valence-electron chi connectivity index (χ2n) is 3.33. The molecule has 0 aliphatic rings. The number of aromatic nitrogens is 3. The van der Waals surface area contributed by atoms with E-state index in [1.54, 1.807) is 6.92 Å². The average Bonchev–Trinajstić information content (AvgIpc) is 2.46.